The monoisotopic (exact) mass is 233 g/mol. The van der Waals surface area contributed by atoms with E-state index < -0.39 is 0 Å². The zero-order valence-electron chi connectivity index (χ0n) is 6.65. The second-order valence-corrected chi connectivity index (χ2v) is 3.34. The number of hydrogen-bond acceptors (Lipinski definition) is 1. The molecular weight excluding hydrogens is 228 g/mol. The van der Waals surface area contributed by atoms with Crippen molar-refractivity contribution in [3.63, 3.8) is 0 Å². The van der Waals surface area contributed by atoms with Crippen molar-refractivity contribution < 1.29 is 0 Å². The van der Waals surface area contributed by atoms with Crippen molar-refractivity contribution in [2.75, 3.05) is 5.88 Å². The Hall–Kier alpha value is -0.420. The maximum Gasteiger partial charge on any atom is 0.146 e. The molecule has 0 fully saturated rings. The molecule has 0 aliphatic heterocycles. The third-order valence-electron chi connectivity index (χ3n) is 1.26. The van der Waals surface area contributed by atoms with Crippen LogP contribution in [0.3, 0.4) is 0 Å². The van der Waals surface area contributed by atoms with Crippen molar-refractivity contribution in [3.8, 4) is 11.8 Å². The average molecular weight is 235 g/mol. The van der Waals surface area contributed by atoms with Crippen molar-refractivity contribution in [1.82, 2.24) is 4.98 Å². The standard InChI is InChI=1S/C9H6Cl3N/c10-6-2-1-3-7-4-5-8(11)13-9(7)12/h4-5H,2,6H2. The lowest BCUT2D eigenvalue weighted by molar-refractivity contribution is 1.28. The van der Waals surface area contributed by atoms with Gasteiger partial charge in [-0.1, -0.05) is 35.0 Å². The van der Waals surface area contributed by atoms with Crippen LogP contribution in [0.4, 0.5) is 0 Å². The largest absolute Gasteiger partial charge is 0.223 e. The summed E-state index contributed by atoms with van der Waals surface area (Å²) in [6, 6.07) is 3.39. The third-order valence-corrected chi connectivity index (χ3v) is 1.94. The SMILES string of the molecule is ClCCC#Cc1ccc(Cl)nc1Cl. The van der Waals surface area contributed by atoms with E-state index in [1.165, 1.54) is 0 Å². The molecule has 0 N–H and O–H groups in total. The van der Waals surface area contributed by atoms with Gasteiger partial charge in [-0.05, 0) is 12.1 Å². The van der Waals surface area contributed by atoms with Gasteiger partial charge in [-0.2, -0.15) is 0 Å². The summed E-state index contributed by atoms with van der Waals surface area (Å²) in [4.78, 5) is 3.85. The fraction of sp³-hybridized carbons (Fsp3) is 0.222. The van der Waals surface area contributed by atoms with Crippen LogP contribution >= 0.6 is 34.8 Å². The number of pyridine rings is 1. The second-order valence-electron chi connectivity index (χ2n) is 2.21. The molecule has 1 heterocycles. The van der Waals surface area contributed by atoms with Gasteiger partial charge in [-0.15, -0.1) is 11.6 Å². The summed E-state index contributed by atoms with van der Waals surface area (Å²) < 4.78 is 0. The zero-order chi connectivity index (χ0) is 9.68. The molecule has 0 aliphatic rings. The quantitative estimate of drug-likeness (QED) is 0.412. The first-order chi connectivity index (χ1) is 6.24. The van der Waals surface area contributed by atoms with Crippen LogP contribution in [0.1, 0.15) is 12.0 Å². The first-order valence-electron chi connectivity index (χ1n) is 3.61. The maximum atomic E-state index is 5.78. The number of nitrogens with zero attached hydrogens (tertiary/aromatic N) is 1. The molecule has 0 saturated carbocycles. The predicted octanol–water partition coefficient (Wildman–Crippen LogP) is 3.37. The fourth-order valence-corrected chi connectivity index (χ4v) is 1.20. The van der Waals surface area contributed by atoms with Gasteiger partial charge < -0.3 is 0 Å². The molecule has 0 unspecified atom stereocenters. The van der Waals surface area contributed by atoms with Gasteiger partial charge in [0.25, 0.3) is 0 Å². The van der Waals surface area contributed by atoms with Crippen molar-refractivity contribution in [3.05, 3.63) is 28.0 Å². The van der Waals surface area contributed by atoms with E-state index in [1.807, 2.05) is 0 Å². The average Bonchev–Trinajstić information content (AvgIpc) is 2.09. The van der Waals surface area contributed by atoms with Crippen LogP contribution in [0, 0.1) is 11.8 Å². The molecule has 1 aromatic rings. The molecule has 0 aromatic carbocycles. The Bertz CT molecular complexity index is 352. The summed E-state index contributed by atoms with van der Waals surface area (Å²) in [5, 5.41) is 0.697. The van der Waals surface area contributed by atoms with Crippen molar-refractivity contribution in [2.24, 2.45) is 0 Å². The molecule has 13 heavy (non-hydrogen) atoms. The van der Waals surface area contributed by atoms with Crippen LogP contribution < -0.4 is 0 Å². The first kappa shape index (κ1) is 10.7. The first-order valence-corrected chi connectivity index (χ1v) is 4.90. The van der Waals surface area contributed by atoms with Crippen molar-refractivity contribution in [2.45, 2.75) is 6.42 Å². The normalized spacial score (nSPS) is 9.15. The summed E-state index contributed by atoms with van der Waals surface area (Å²) in [6.07, 6.45) is 0.639. The Morgan fingerprint density at radius 1 is 1.31 bits per heavy atom. The lowest BCUT2D eigenvalue weighted by Crippen LogP contribution is -1.82. The van der Waals surface area contributed by atoms with Crippen molar-refractivity contribution >= 4 is 34.8 Å². The lowest BCUT2D eigenvalue weighted by Gasteiger charge is -1.94. The summed E-state index contributed by atoms with van der Waals surface area (Å²) in [5.74, 6) is 6.24. The molecule has 1 aromatic heterocycles. The Morgan fingerprint density at radius 2 is 2.08 bits per heavy atom. The van der Waals surface area contributed by atoms with E-state index in [0.29, 0.717) is 28.2 Å². The van der Waals surface area contributed by atoms with E-state index in [0.717, 1.165) is 0 Å². The van der Waals surface area contributed by atoms with Crippen LogP contribution in [0.2, 0.25) is 10.3 Å². The second kappa shape index (κ2) is 5.34. The van der Waals surface area contributed by atoms with Crippen LogP contribution in [-0.2, 0) is 0 Å². The highest BCUT2D eigenvalue weighted by Crippen LogP contribution is 2.15. The molecule has 0 saturated heterocycles. The van der Waals surface area contributed by atoms with E-state index in [2.05, 4.69) is 16.8 Å². The van der Waals surface area contributed by atoms with Gasteiger partial charge in [0.05, 0.1) is 5.56 Å². The van der Waals surface area contributed by atoms with E-state index in [9.17, 15) is 0 Å². The Labute approximate surface area is 92.0 Å². The van der Waals surface area contributed by atoms with Crippen LogP contribution in [-0.4, -0.2) is 10.9 Å². The van der Waals surface area contributed by atoms with Crippen LogP contribution in [0.5, 0.6) is 0 Å². The molecule has 0 atom stereocenters. The van der Waals surface area contributed by atoms with Gasteiger partial charge in [0.1, 0.15) is 10.3 Å². The Balaban J connectivity index is 2.85. The van der Waals surface area contributed by atoms with Gasteiger partial charge in [-0.25, -0.2) is 4.98 Å². The minimum absolute atomic E-state index is 0.328. The highest BCUT2D eigenvalue weighted by molar-refractivity contribution is 6.33. The number of halogens is 3. The van der Waals surface area contributed by atoms with Gasteiger partial charge in [0.2, 0.25) is 0 Å². The highest BCUT2D eigenvalue weighted by atomic mass is 35.5. The van der Waals surface area contributed by atoms with Gasteiger partial charge >= 0.3 is 0 Å². The molecule has 0 spiro atoms. The van der Waals surface area contributed by atoms with E-state index in [-0.39, 0.29) is 0 Å². The molecule has 1 nitrogen and oxygen atoms in total. The number of aromatic nitrogens is 1. The van der Waals surface area contributed by atoms with E-state index >= 15 is 0 Å². The van der Waals surface area contributed by atoms with E-state index in [4.69, 9.17) is 34.8 Å². The Kier molecular flexibility index (Phi) is 4.38. The Morgan fingerprint density at radius 3 is 2.69 bits per heavy atom. The molecule has 0 radical (unpaired) electrons. The van der Waals surface area contributed by atoms with Gasteiger partial charge in [0, 0.05) is 12.3 Å². The number of hydrogen-bond donors (Lipinski definition) is 0. The van der Waals surface area contributed by atoms with Crippen LogP contribution in [0.25, 0.3) is 0 Å². The molecule has 1 rings (SSSR count). The topological polar surface area (TPSA) is 12.9 Å². The predicted molar refractivity (Wildman–Crippen MR) is 56.5 cm³/mol. The minimum Gasteiger partial charge on any atom is -0.223 e. The van der Waals surface area contributed by atoms with Gasteiger partial charge in [-0.3, -0.25) is 0 Å². The summed E-state index contributed by atoms with van der Waals surface area (Å²) in [5.41, 5.74) is 0.677. The molecule has 0 bridgehead atoms. The molecule has 0 amide bonds. The summed E-state index contributed by atoms with van der Waals surface area (Å²) >= 11 is 16.9. The van der Waals surface area contributed by atoms with Crippen molar-refractivity contribution in [1.29, 1.82) is 0 Å². The molecular formula is C9H6Cl3N. The molecule has 4 heteroatoms. The lowest BCUT2D eigenvalue weighted by atomic mass is 10.3. The van der Waals surface area contributed by atoms with Gasteiger partial charge in [0.15, 0.2) is 0 Å². The number of alkyl halides is 1. The minimum atomic E-state index is 0.328. The zero-order valence-corrected chi connectivity index (χ0v) is 8.92. The molecule has 68 valence electrons. The summed E-state index contributed by atoms with van der Waals surface area (Å²) in [6.45, 7) is 0. The fourth-order valence-electron chi connectivity index (χ4n) is 0.710. The van der Waals surface area contributed by atoms with Crippen LogP contribution in [0.15, 0.2) is 12.1 Å². The highest BCUT2D eigenvalue weighted by Gasteiger charge is 1.98. The third kappa shape index (κ3) is 3.44. The number of rotatable bonds is 1. The summed E-state index contributed by atoms with van der Waals surface area (Å²) in [7, 11) is 0. The van der Waals surface area contributed by atoms with E-state index in [1.54, 1.807) is 12.1 Å². The maximum absolute atomic E-state index is 5.78. The smallest absolute Gasteiger partial charge is 0.146 e. The molecule has 0 aliphatic carbocycles.